The summed E-state index contributed by atoms with van der Waals surface area (Å²) in [5.74, 6) is -1.02. The van der Waals surface area contributed by atoms with Crippen molar-refractivity contribution in [2.45, 2.75) is 44.1 Å². The first-order valence-corrected chi connectivity index (χ1v) is 12.4. The first-order valence-electron chi connectivity index (χ1n) is 12.4. The Labute approximate surface area is 204 Å². The molecule has 35 heavy (non-hydrogen) atoms. The number of anilines is 1. The molecule has 3 heterocycles. The highest BCUT2D eigenvalue weighted by Gasteiger charge is 2.47. The van der Waals surface area contributed by atoms with E-state index in [1.807, 2.05) is 6.92 Å². The van der Waals surface area contributed by atoms with Gasteiger partial charge in [-0.15, -0.1) is 0 Å². The second-order valence-corrected chi connectivity index (χ2v) is 9.80. The zero-order chi connectivity index (χ0) is 24.6. The number of benzene rings is 2. The van der Waals surface area contributed by atoms with Crippen molar-refractivity contribution in [3.8, 4) is 0 Å². The van der Waals surface area contributed by atoms with E-state index in [0.29, 0.717) is 37.8 Å². The molecular formula is C27H31F2N3O3. The molecule has 0 radical (unpaired) electrons. The van der Waals surface area contributed by atoms with Crippen LogP contribution < -0.4 is 4.90 Å². The number of amides is 2. The standard InChI is InChI=1S/C27H31F2N3O3/c1-2-35-26(34)31-12-8-22(9-13-31)30-14-10-27(11-15-30)18-32(24-7-6-21(29)17-23(24)27)25(33)19-4-3-5-20(28)16-19/h3-7,16-17,22H,2,8-15,18H2,1H3. The molecule has 0 atom stereocenters. The first kappa shape index (κ1) is 23.7. The Hall–Kier alpha value is -3.00. The molecule has 0 saturated carbocycles. The molecule has 0 aliphatic carbocycles. The number of carbonyl (C=O) groups excluding carboxylic acids is 2. The van der Waals surface area contributed by atoms with E-state index in [1.165, 1.54) is 24.3 Å². The summed E-state index contributed by atoms with van der Waals surface area (Å²) in [6.45, 7) is 5.74. The average molecular weight is 484 g/mol. The number of hydrogen-bond acceptors (Lipinski definition) is 4. The summed E-state index contributed by atoms with van der Waals surface area (Å²) in [4.78, 5) is 31.3. The van der Waals surface area contributed by atoms with Gasteiger partial charge in [0, 0.05) is 42.3 Å². The maximum Gasteiger partial charge on any atom is 0.409 e. The van der Waals surface area contributed by atoms with Gasteiger partial charge < -0.3 is 19.4 Å². The van der Waals surface area contributed by atoms with Crippen LogP contribution in [0.1, 0.15) is 48.5 Å². The molecular weight excluding hydrogens is 452 g/mol. The van der Waals surface area contributed by atoms with Crippen LogP contribution in [-0.2, 0) is 10.2 Å². The van der Waals surface area contributed by atoms with Gasteiger partial charge in [-0.3, -0.25) is 4.79 Å². The van der Waals surface area contributed by atoms with Gasteiger partial charge in [0.15, 0.2) is 0 Å². The molecule has 0 unspecified atom stereocenters. The van der Waals surface area contributed by atoms with Crippen molar-refractivity contribution in [2.75, 3.05) is 44.2 Å². The van der Waals surface area contributed by atoms with Gasteiger partial charge in [-0.05, 0) is 87.7 Å². The van der Waals surface area contributed by atoms with Crippen molar-refractivity contribution in [3.05, 3.63) is 65.2 Å². The van der Waals surface area contributed by atoms with Crippen LogP contribution in [0.15, 0.2) is 42.5 Å². The van der Waals surface area contributed by atoms with Crippen molar-refractivity contribution in [2.24, 2.45) is 0 Å². The fraction of sp³-hybridized carbons (Fsp3) is 0.481. The van der Waals surface area contributed by atoms with Crippen LogP contribution in [0.2, 0.25) is 0 Å². The molecule has 5 rings (SSSR count). The molecule has 186 valence electrons. The number of carbonyl (C=O) groups is 2. The van der Waals surface area contributed by atoms with E-state index in [0.717, 1.165) is 50.0 Å². The summed E-state index contributed by atoms with van der Waals surface area (Å²) in [5.41, 5.74) is 1.57. The van der Waals surface area contributed by atoms with E-state index in [4.69, 9.17) is 4.74 Å². The maximum absolute atomic E-state index is 14.3. The van der Waals surface area contributed by atoms with Gasteiger partial charge in [0.25, 0.3) is 5.91 Å². The summed E-state index contributed by atoms with van der Waals surface area (Å²) >= 11 is 0. The third-order valence-electron chi connectivity index (χ3n) is 7.86. The summed E-state index contributed by atoms with van der Waals surface area (Å²) in [5, 5.41) is 0. The smallest absolute Gasteiger partial charge is 0.409 e. The van der Waals surface area contributed by atoms with E-state index >= 15 is 0 Å². The van der Waals surface area contributed by atoms with Gasteiger partial charge in [0.1, 0.15) is 11.6 Å². The van der Waals surface area contributed by atoms with Crippen molar-refractivity contribution in [3.63, 3.8) is 0 Å². The molecule has 2 aromatic carbocycles. The minimum Gasteiger partial charge on any atom is -0.450 e. The molecule has 3 aliphatic rings. The molecule has 0 aromatic heterocycles. The number of ether oxygens (including phenoxy) is 1. The largest absolute Gasteiger partial charge is 0.450 e. The predicted molar refractivity (Wildman–Crippen MR) is 129 cm³/mol. The summed E-state index contributed by atoms with van der Waals surface area (Å²) in [6.07, 6.45) is 3.20. The topological polar surface area (TPSA) is 53.1 Å². The summed E-state index contributed by atoms with van der Waals surface area (Å²) < 4.78 is 33.2. The Balaban J connectivity index is 1.30. The molecule has 2 amide bonds. The fourth-order valence-electron chi connectivity index (χ4n) is 5.97. The second-order valence-electron chi connectivity index (χ2n) is 9.80. The van der Waals surface area contributed by atoms with Gasteiger partial charge >= 0.3 is 6.09 Å². The molecule has 1 spiro atoms. The van der Waals surface area contributed by atoms with Gasteiger partial charge in [0.05, 0.1) is 6.61 Å². The number of nitrogens with zero attached hydrogens (tertiary/aromatic N) is 3. The Morgan fingerprint density at radius 2 is 1.71 bits per heavy atom. The lowest BCUT2D eigenvalue weighted by molar-refractivity contribution is 0.0576. The lowest BCUT2D eigenvalue weighted by atomic mass is 9.74. The van der Waals surface area contributed by atoms with Crippen molar-refractivity contribution >= 4 is 17.7 Å². The number of hydrogen-bond donors (Lipinski definition) is 0. The van der Waals surface area contributed by atoms with Crippen LogP contribution in [0, 0.1) is 11.6 Å². The Morgan fingerprint density at radius 1 is 1.00 bits per heavy atom. The molecule has 0 bridgehead atoms. The zero-order valence-corrected chi connectivity index (χ0v) is 20.0. The SMILES string of the molecule is CCOC(=O)N1CCC(N2CCC3(CC2)CN(C(=O)c2cccc(F)c2)c2ccc(F)cc23)CC1. The fourth-order valence-corrected chi connectivity index (χ4v) is 5.97. The van der Waals surface area contributed by atoms with Crippen LogP contribution in [0.25, 0.3) is 0 Å². The van der Waals surface area contributed by atoms with Crippen molar-refractivity contribution in [1.82, 2.24) is 9.80 Å². The lowest BCUT2D eigenvalue weighted by Gasteiger charge is -2.45. The molecule has 2 aromatic rings. The van der Waals surface area contributed by atoms with Crippen molar-refractivity contribution < 1.29 is 23.1 Å². The summed E-state index contributed by atoms with van der Waals surface area (Å²) in [6, 6.07) is 10.7. The van der Waals surface area contributed by atoms with Gasteiger partial charge in [-0.1, -0.05) is 6.07 Å². The molecule has 8 heteroatoms. The monoisotopic (exact) mass is 483 g/mol. The highest BCUT2D eigenvalue weighted by Crippen LogP contribution is 2.48. The number of piperidine rings is 2. The second kappa shape index (κ2) is 9.57. The number of rotatable bonds is 3. The lowest BCUT2D eigenvalue weighted by Crippen LogP contribution is -2.52. The molecule has 0 N–H and O–H groups in total. The highest BCUT2D eigenvalue weighted by molar-refractivity contribution is 6.07. The van der Waals surface area contributed by atoms with E-state index in [9.17, 15) is 18.4 Å². The number of halogens is 2. The molecule has 2 saturated heterocycles. The minimum atomic E-state index is -0.452. The van der Waals surface area contributed by atoms with Crippen LogP contribution in [0.4, 0.5) is 19.3 Å². The zero-order valence-electron chi connectivity index (χ0n) is 20.0. The predicted octanol–water partition coefficient (Wildman–Crippen LogP) is 4.58. The van der Waals surface area contributed by atoms with Crippen LogP contribution >= 0.6 is 0 Å². The Kier molecular flexibility index (Phi) is 6.49. The van der Waals surface area contributed by atoms with Gasteiger partial charge in [-0.2, -0.15) is 0 Å². The third kappa shape index (κ3) is 4.51. The third-order valence-corrected chi connectivity index (χ3v) is 7.86. The van der Waals surface area contributed by atoms with E-state index < -0.39 is 5.82 Å². The van der Waals surface area contributed by atoms with Crippen LogP contribution in [0.3, 0.4) is 0 Å². The average Bonchev–Trinajstić information content (AvgIpc) is 3.17. The molecule has 2 fully saturated rings. The molecule has 6 nitrogen and oxygen atoms in total. The summed E-state index contributed by atoms with van der Waals surface area (Å²) in [7, 11) is 0. The first-order chi connectivity index (χ1) is 16.9. The van der Waals surface area contributed by atoms with E-state index in [-0.39, 0.29) is 23.2 Å². The molecule has 3 aliphatic heterocycles. The van der Waals surface area contributed by atoms with Crippen molar-refractivity contribution in [1.29, 1.82) is 0 Å². The quantitative estimate of drug-likeness (QED) is 0.642. The van der Waals surface area contributed by atoms with Gasteiger partial charge in [0.2, 0.25) is 0 Å². The number of fused-ring (bicyclic) bond motifs is 2. The van der Waals surface area contributed by atoms with Gasteiger partial charge in [-0.25, -0.2) is 13.6 Å². The Bertz CT molecular complexity index is 1110. The normalized spacial score (nSPS) is 20.2. The highest BCUT2D eigenvalue weighted by atomic mass is 19.1. The van der Waals surface area contributed by atoms with Crippen LogP contribution in [0.5, 0.6) is 0 Å². The Morgan fingerprint density at radius 3 is 2.40 bits per heavy atom. The van der Waals surface area contributed by atoms with Crippen LogP contribution in [-0.4, -0.2) is 67.2 Å². The van der Waals surface area contributed by atoms with E-state index in [1.54, 1.807) is 28.0 Å². The van der Waals surface area contributed by atoms with E-state index in [2.05, 4.69) is 4.90 Å². The number of likely N-dealkylation sites (tertiary alicyclic amines) is 2. The minimum absolute atomic E-state index is 0.240. The maximum atomic E-state index is 14.3.